The predicted octanol–water partition coefficient (Wildman–Crippen LogP) is 3.66. The summed E-state index contributed by atoms with van der Waals surface area (Å²) in [5, 5.41) is 5.55. The summed E-state index contributed by atoms with van der Waals surface area (Å²) in [6.45, 7) is 0.242. The van der Waals surface area contributed by atoms with Gasteiger partial charge in [0.1, 0.15) is 0 Å². The van der Waals surface area contributed by atoms with Gasteiger partial charge in [-0.1, -0.05) is 23.5 Å². The highest BCUT2D eigenvalue weighted by molar-refractivity contribution is 7.20. The molecule has 3 heterocycles. The summed E-state index contributed by atoms with van der Waals surface area (Å²) < 4.78 is 12.7. The second kappa shape index (κ2) is 7.03. The summed E-state index contributed by atoms with van der Waals surface area (Å²) >= 11 is 1.48. The van der Waals surface area contributed by atoms with Crippen molar-refractivity contribution in [2.24, 2.45) is 0 Å². The lowest BCUT2D eigenvalue weighted by atomic mass is 10.1. The van der Waals surface area contributed by atoms with Crippen LogP contribution in [0.3, 0.4) is 0 Å². The lowest BCUT2D eigenvalue weighted by Crippen LogP contribution is -2.21. The maximum atomic E-state index is 12.3. The molecule has 0 radical (unpaired) electrons. The van der Waals surface area contributed by atoms with Crippen LogP contribution in [0, 0.1) is 0 Å². The first-order valence-corrected chi connectivity index (χ1v) is 10.1. The van der Waals surface area contributed by atoms with E-state index in [-0.39, 0.29) is 12.7 Å². The number of carbonyl (C=O) groups excluding carboxylic acids is 1. The fraction of sp³-hybridized carbons (Fsp3) is 0.190. The van der Waals surface area contributed by atoms with E-state index in [1.807, 2.05) is 58.9 Å². The largest absolute Gasteiger partial charge is 0.454 e. The average molecular weight is 421 g/mol. The Bertz CT molecular complexity index is 1260. The molecule has 0 N–H and O–H groups in total. The zero-order chi connectivity index (χ0) is 20.8. The lowest BCUT2D eigenvalue weighted by molar-refractivity contribution is 0.0827. The summed E-state index contributed by atoms with van der Waals surface area (Å²) in [4.78, 5) is 21.2. The smallest absolute Gasteiger partial charge is 0.253 e. The molecule has 2 aromatic carbocycles. The highest BCUT2D eigenvalue weighted by atomic mass is 32.1. The number of aromatic nitrogens is 3. The number of carbonyl (C=O) groups is 1. The molecule has 0 saturated carbocycles. The first-order valence-electron chi connectivity index (χ1n) is 9.31. The number of benzene rings is 2. The van der Waals surface area contributed by atoms with Gasteiger partial charge in [-0.3, -0.25) is 4.79 Å². The third-order valence-corrected chi connectivity index (χ3v) is 5.92. The standard InChI is InChI=1S/C21H19N5O3S/c1-24(2)19(27)14-6-4-5-13(9-14)16-11-22-20-26(16)23-21(30-20)25(3)15-7-8-17-18(10-15)29-12-28-17/h4-11H,12H2,1-3H3. The van der Waals surface area contributed by atoms with Gasteiger partial charge in [0.2, 0.25) is 16.9 Å². The quantitative estimate of drug-likeness (QED) is 0.501. The first-order chi connectivity index (χ1) is 14.5. The van der Waals surface area contributed by atoms with Crippen LogP contribution in [0.2, 0.25) is 0 Å². The molecule has 1 aliphatic heterocycles. The number of hydrogen-bond donors (Lipinski definition) is 0. The molecule has 0 saturated heterocycles. The van der Waals surface area contributed by atoms with Crippen LogP contribution in [0.1, 0.15) is 10.4 Å². The minimum absolute atomic E-state index is 0.0425. The molecule has 0 spiro atoms. The molecule has 4 aromatic rings. The molecular formula is C21H19N5O3S. The van der Waals surface area contributed by atoms with E-state index in [1.165, 1.54) is 11.3 Å². The molecule has 5 rings (SSSR count). The molecule has 0 unspecified atom stereocenters. The van der Waals surface area contributed by atoms with Crippen molar-refractivity contribution in [1.82, 2.24) is 19.5 Å². The van der Waals surface area contributed by atoms with Gasteiger partial charge in [-0.05, 0) is 24.3 Å². The fourth-order valence-electron chi connectivity index (χ4n) is 3.29. The minimum Gasteiger partial charge on any atom is -0.454 e. The number of ether oxygens (including phenoxy) is 2. The maximum Gasteiger partial charge on any atom is 0.253 e. The highest BCUT2D eigenvalue weighted by Crippen LogP contribution is 2.38. The molecular weight excluding hydrogens is 402 g/mol. The van der Waals surface area contributed by atoms with Gasteiger partial charge in [0, 0.05) is 44.0 Å². The number of imidazole rings is 1. The van der Waals surface area contributed by atoms with E-state index in [2.05, 4.69) is 4.98 Å². The Morgan fingerprint density at radius 2 is 1.93 bits per heavy atom. The van der Waals surface area contributed by atoms with Crippen molar-refractivity contribution in [3.63, 3.8) is 0 Å². The first kappa shape index (κ1) is 18.4. The summed E-state index contributed by atoms with van der Waals surface area (Å²) in [7, 11) is 5.43. The van der Waals surface area contributed by atoms with Crippen LogP contribution in [-0.2, 0) is 0 Å². The Labute approximate surface area is 176 Å². The molecule has 152 valence electrons. The lowest BCUT2D eigenvalue weighted by Gasteiger charge is -2.15. The SMILES string of the molecule is CN(C)C(=O)c1cccc(-c2cnc3sc(N(C)c4ccc5c(c4)OCO5)nn23)c1. The highest BCUT2D eigenvalue weighted by Gasteiger charge is 2.19. The Morgan fingerprint density at radius 3 is 2.77 bits per heavy atom. The molecule has 2 aromatic heterocycles. The second-order valence-corrected chi connectivity index (χ2v) is 8.03. The zero-order valence-electron chi connectivity index (χ0n) is 16.7. The number of anilines is 2. The van der Waals surface area contributed by atoms with Gasteiger partial charge in [-0.15, -0.1) is 5.10 Å². The predicted molar refractivity (Wildman–Crippen MR) is 115 cm³/mol. The van der Waals surface area contributed by atoms with Crippen LogP contribution >= 0.6 is 11.3 Å². The molecule has 0 aliphatic carbocycles. The molecule has 9 heteroatoms. The Morgan fingerprint density at radius 1 is 1.10 bits per heavy atom. The molecule has 0 atom stereocenters. The molecule has 0 fully saturated rings. The van der Waals surface area contributed by atoms with E-state index in [4.69, 9.17) is 14.6 Å². The zero-order valence-corrected chi connectivity index (χ0v) is 17.5. The minimum atomic E-state index is -0.0425. The molecule has 30 heavy (non-hydrogen) atoms. The van der Waals surface area contributed by atoms with E-state index in [0.717, 1.165) is 38.5 Å². The van der Waals surface area contributed by atoms with Gasteiger partial charge in [0.05, 0.1) is 11.9 Å². The Kier molecular flexibility index (Phi) is 4.32. The third-order valence-electron chi connectivity index (χ3n) is 4.92. The molecule has 1 aliphatic rings. The van der Waals surface area contributed by atoms with Gasteiger partial charge in [-0.2, -0.15) is 0 Å². The van der Waals surface area contributed by atoms with Crippen LogP contribution in [0.25, 0.3) is 16.2 Å². The van der Waals surface area contributed by atoms with Crippen LogP contribution in [-0.4, -0.2) is 53.3 Å². The van der Waals surface area contributed by atoms with Crippen molar-refractivity contribution in [2.75, 3.05) is 32.8 Å². The van der Waals surface area contributed by atoms with Crippen molar-refractivity contribution in [2.45, 2.75) is 0 Å². The number of amides is 1. The van der Waals surface area contributed by atoms with E-state index in [9.17, 15) is 4.79 Å². The fourth-order valence-corrected chi connectivity index (χ4v) is 4.15. The number of hydrogen-bond acceptors (Lipinski definition) is 7. The second-order valence-electron chi connectivity index (χ2n) is 7.10. The average Bonchev–Trinajstić information content (AvgIpc) is 3.47. The van der Waals surface area contributed by atoms with Crippen LogP contribution in [0.4, 0.5) is 10.8 Å². The Balaban J connectivity index is 1.50. The normalized spacial score (nSPS) is 12.4. The van der Waals surface area contributed by atoms with E-state index in [1.54, 1.807) is 25.2 Å². The third kappa shape index (κ3) is 3.03. The van der Waals surface area contributed by atoms with E-state index in [0.29, 0.717) is 5.56 Å². The van der Waals surface area contributed by atoms with E-state index < -0.39 is 0 Å². The maximum absolute atomic E-state index is 12.3. The van der Waals surface area contributed by atoms with Crippen molar-refractivity contribution < 1.29 is 14.3 Å². The number of fused-ring (bicyclic) bond motifs is 2. The summed E-state index contributed by atoms with van der Waals surface area (Å²) in [6, 6.07) is 13.3. The summed E-state index contributed by atoms with van der Waals surface area (Å²) in [5.41, 5.74) is 3.29. The van der Waals surface area contributed by atoms with Crippen LogP contribution < -0.4 is 14.4 Å². The van der Waals surface area contributed by atoms with Crippen LogP contribution in [0.15, 0.2) is 48.7 Å². The van der Waals surface area contributed by atoms with Gasteiger partial charge in [-0.25, -0.2) is 9.50 Å². The molecule has 1 amide bonds. The van der Waals surface area contributed by atoms with Gasteiger partial charge in [0.25, 0.3) is 5.91 Å². The van der Waals surface area contributed by atoms with E-state index >= 15 is 0 Å². The molecule has 0 bridgehead atoms. The summed E-state index contributed by atoms with van der Waals surface area (Å²) in [5.74, 6) is 1.43. The monoisotopic (exact) mass is 421 g/mol. The van der Waals surface area contributed by atoms with Crippen LogP contribution in [0.5, 0.6) is 11.5 Å². The number of rotatable bonds is 4. The van der Waals surface area contributed by atoms with Crippen molar-refractivity contribution >= 4 is 33.0 Å². The molecule has 8 nitrogen and oxygen atoms in total. The van der Waals surface area contributed by atoms with Gasteiger partial charge >= 0.3 is 0 Å². The summed E-state index contributed by atoms with van der Waals surface area (Å²) in [6.07, 6.45) is 1.78. The Hall–Kier alpha value is -3.59. The van der Waals surface area contributed by atoms with Crippen molar-refractivity contribution in [3.8, 4) is 22.8 Å². The topological polar surface area (TPSA) is 72.2 Å². The van der Waals surface area contributed by atoms with Crippen molar-refractivity contribution in [3.05, 3.63) is 54.2 Å². The van der Waals surface area contributed by atoms with Gasteiger partial charge in [0.15, 0.2) is 11.5 Å². The van der Waals surface area contributed by atoms with Gasteiger partial charge < -0.3 is 19.3 Å². The number of nitrogens with zero attached hydrogens (tertiary/aromatic N) is 5. The van der Waals surface area contributed by atoms with Crippen molar-refractivity contribution in [1.29, 1.82) is 0 Å².